The average molecular weight is 391 g/mol. The summed E-state index contributed by atoms with van der Waals surface area (Å²) in [6.07, 6.45) is 0.787. The van der Waals surface area contributed by atoms with Gasteiger partial charge in [-0.1, -0.05) is 63.2 Å². The van der Waals surface area contributed by atoms with E-state index >= 15 is 0 Å². The fourth-order valence-corrected chi connectivity index (χ4v) is 3.32. The third kappa shape index (κ3) is 4.48. The van der Waals surface area contributed by atoms with Crippen LogP contribution in [0.1, 0.15) is 37.6 Å². The van der Waals surface area contributed by atoms with Crippen LogP contribution in [0.25, 0.3) is 22.0 Å². The van der Waals surface area contributed by atoms with Crippen molar-refractivity contribution in [2.24, 2.45) is 0 Å². The Balaban J connectivity index is 0.00000117. The van der Waals surface area contributed by atoms with E-state index < -0.39 is 0 Å². The first-order valence-electron chi connectivity index (χ1n) is 10.1. The summed E-state index contributed by atoms with van der Waals surface area (Å²) in [5.41, 5.74) is 5.81. The molecular weight excluding hydrogens is 363 g/mol. The van der Waals surface area contributed by atoms with Crippen molar-refractivity contribution in [3.8, 4) is 16.9 Å². The van der Waals surface area contributed by atoms with Gasteiger partial charge in [-0.2, -0.15) is 5.10 Å². The minimum Gasteiger partial charge on any atom is -0.486 e. The van der Waals surface area contributed by atoms with Gasteiger partial charge in [-0.3, -0.25) is 5.10 Å². The topological polar surface area (TPSA) is 37.9 Å². The number of nitrogens with zero attached hydrogens (tertiary/aromatic N) is 1. The van der Waals surface area contributed by atoms with E-state index in [0.29, 0.717) is 6.61 Å². The summed E-state index contributed by atoms with van der Waals surface area (Å²) >= 11 is 0. The maximum atomic E-state index is 14.7. The molecule has 1 aromatic heterocycles. The number of aromatic amines is 1. The molecule has 1 N–H and O–H groups in total. The zero-order chi connectivity index (χ0) is 20.8. The van der Waals surface area contributed by atoms with Gasteiger partial charge in [0.2, 0.25) is 0 Å². The molecule has 0 saturated carbocycles. The number of H-pyrrole nitrogens is 1. The highest BCUT2D eigenvalue weighted by Gasteiger charge is 2.13. The molecule has 0 aliphatic carbocycles. The Hall–Kier alpha value is -3.14. The number of hydrogen-bond acceptors (Lipinski definition) is 2. The van der Waals surface area contributed by atoms with Crippen molar-refractivity contribution in [3.63, 3.8) is 0 Å². The summed E-state index contributed by atoms with van der Waals surface area (Å²) in [6.45, 7) is 8.40. The van der Waals surface area contributed by atoms with E-state index in [4.69, 9.17) is 4.74 Å². The fourth-order valence-electron chi connectivity index (χ4n) is 3.32. The molecule has 0 aliphatic rings. The average Bonchev–Trinajstić information content (AvgIpc) is 3.15. The molecule has 0 saturated heterocycles. The Morgan fingerprint density at radius 3 is 2.48 bits per heavy atom. The molecule has 29 heavy (non-hydrogen) atoms. The lowest BCUT2D eigenvalue weighted by atomic mass is 9.96. The molecule has 0 spiro atoms. The van der Waals surface area contributed by atoms with Crippen molar-refractivity contribution in [2.75, 3.05) is 0 Å². The zero-order valence-electron chi connectivity index (χ0n) is 17.4. The summed E-state index contributed by atoms with van der Waals surface area (Å²) < 4.78 is 20.5. The first-order valence-corrected chi connectivity index (χ1v) is 10.1. The lowest BCUT2D eigenvalue weighted by Gasteiger charge is -2.13. The molecule has 0 radical (unpaired) electrons. The van der Waals surface area contributed by atoms with Gasteiger partial charge in [0, 0.05) is 11.1 Å². The maximum absolute atomic E-state index is 14.7. The molecule has 0 atom stereocenters. The van der Waals surface area contributed by atoms with E-state index in [1.54, 1.807) is 6.07 Å². The predicted molar refractivity (Wildman–Crippen MR) is 118 cm³/mol. The molecule has 0 fully saturated rings. The number of aromatic nitrogens is 2. The first-order chi connectivity index (χ1) is 14.2. The predicted octanol–water partition coefficient (Wildman–Crippen LogP) is 6.85. The highest BCUT2D eigenvalue weighted by atomic mass is 19.1. The summed E-state index contributed by atoms with van der Waals surface area (Å²) in [5.74, 6) is -0.0624. The minimum atomic E-state index is -0.351. The van der Waals surface area contributed by atoms with E-state index in [-0.39, 0.29) is 11.6 Å². The van der Waals surface area contributed by atoms with Crippen molar-refractivity contribution in [1.82, 2.24) is 10.2 Å². The molecule has 4 heteroatoms. The molecule has 0 aliphatic heterocycles. The number of fused-ring (bicyclic) bond motifs is 1. The second kappa shape index (κ2) is 9.37. The number of nitrogens with one attached hydrogen (secondary N) is 1. The second-order valence-electron chi connectivity index (χ2n) is 6.65. The van der Waals surface area contributed by atoms with Gasteiger partial charge in [-0.15, -0.1) is 0 Å². The van der Waals surface area contributed by atoms with Gasteiger partial charge in [0.05, 0.1) is 5.52 Å². The minimum absolute atomic E-state index is 0.288. The summed E-state index contributed by atoms with van der Waals surface area (Å²) in [5, 5.41) is 8.40. The highest BCUT2D eigenvalue weighted by Crippen LogP contribution is 2.32. The van der Waals surface area contributed by atoms with Crippen LogP contribution in [-0.4, -0.2) is 10.2 Å². The lowest BCUT2D eigenvalue weighted by molar-refractivity contribution is 0.290. The molecule has 3 nitrogen and oxygen atoms in total. The van der Waals surface area contributed by atoms with Gasteiger partial charge >= 0.3 is 0 Å². The summed E-state index contributed by atoms with van der Waals surface area (Å²) in [7, 11) is 0. The first kappa shape index (κ1) is 20.6. The number of benzene rings is 3. The molecule has 0 amide bonds. The summed E-state index contributed by atoms with van der Waals surface area (Å²) in [6, 6.07) is 19.2. The van der Waals surface area contributed by atoms with Crippen LogP contribution < -0.4 is 4.74 Å². The SMILES string of the molecule is CC.CCc1cc(OCc2ccccc2)c(F)cc1-c1ccc2c(C)[nH]nc2c1. The zero-order valence-corrected chi connectivity index (χ0v) is 17.4. The van der Waals surface area contributed by atoms with Crippen molar-refractivity contribution < 1.29 is 9.13 Å². The molecule has 150 valence electrons. The van der Waals surface area contributed by atoms with Gasteiger partial charge in [0.15, 0.2) is 11.6 Å². The quantitative estimate of drug-likeness (QED) is 0.405. The number of rotatable bonds is 5. The molecule has 0 unspecified atom stereocenters. The van der Waals surface area contributed by atoms with Gasteiger partial charge in [0.25, 0.3) is 0 Å². The van der Waals surface area contributed by atoms with Crippen LogP contribution in [0.2, 0.25) is 0 Å². The third-order valence-corrected chi connectivity index (χ3v) is 4.83. The molecular formula is C25H27FN2O. The number of aryl methyl sites for hydroxylation is 2. The van der Waals surface area contributed by atoms with Crippen LogP contribution in [0.15, 0.2) is 60.7 Å². The van der Waals surface area contributed by atoms with Gasteiger partial charge in [0.1, 0.15) is 6.61 Å². The number of hydrogen-bond donors (Lipinski definition) is 1. The molecule has 4 aromatic rings. The second-order valence-corrected chi connectivity index (χ2v) is 6.65. The molecule has 4 rings (SSSR count). The van der Waals surface area contributed by atoms with E-state index in [9.17, 15) is 4.39 Å². The van der Waals surface area contributed by atoms with E-state index in [2.05, 4.69) is 17.1 Å². The lowest BCUT2D eigenvalue weighted by Crippen LogP contribution is -1.99. The monoisotopic (exact) mass is 390 g/mol. The Labute approximate surface area is 171 Å². The van der Waals surface area contributed by atoms with Crippen LogP contribution in [-0.2, 0) is 13.0 Å². The van der Waals surface area contributed by atoms with E-state index in [1.165, 1.54) is 0 Å². The van der Waals surface area contributed by atoms with Crippen molar-refractivity contribution in [1.29, 1.82) is 0 Å². The van der Waals surface area contributed by atoms with Crippen LogP contribution >= 0.6 is 0 Å². The fraction of sp³-hybridized carbons (Fsp3) is 0.240. The normalized spacial score (nSPS) is 10.5. The van der Waals surface area contributed by atoms with Crippen LogP contribution in [0.3, 0.4) is 0 Å². The van der Waals surface area contributed by atoms with Crippen LogP contribution in [0.4, 0.5) is 4.39 Å². The van der Waals surface area contributed by atoms with Crippen molar-refractivity contribution in [3.05, 3.63) is 83.3 Å². The molecule has 3 aromatic carbocycles. The Kier molecular flexibility index (Phi) is 6.65. The van der Waals surface area contributed by atoms with Crippen molar-refractivity contribution in [2.45, 2.75) is 40.7 Å². The number of ether oxygens (including phenoxy) is 1. The smallest absolute Gasteiger partial charge is 0.165 e. The van der Waals surface area contributed by atoms with Crippen molar-refractivity contribution >= 4 is 10.9 Å². The van der Waals surface area contributed by atoms with E-state index in [0.717, 1.165) is 45.3 Å². The molecule has 1 heterocycles. The van der Waals surface area contributed by atoms with Gasteiger partial charge in [-0.25, -0.2) is 4.39 Å². The standard InChI is InChI=1S/C23H21FN2O.C2H6/c1-3-17-12-23(27-14-16-7-5-4-6-8-16)21(24)13-20(17)18-9-10-19-15(2)25-26-22(19)11-18;1-2/h4-13H,3,14H2,1-2H3,(H,25,26);1-2H3. The van der Waals surface area contributed by atoms with Crippen LogP contribution in [0.5, 0.6) is 5.75 Å². The maximum Gasteiger partial charge on any atom is 0.165 e. The summed E-state index contributed by atoms with van der Waals surface area (Å²) in [4.78, 5) is 0. The Bertz CT molecular complexity index is 1090. The van der Waals surface area contributed by atoms with Gasteiger partial charge in [-0.05, 0) is 53.8 Å². The number of halogens is 1. The van der Waals surface area contributed by atoms with Gasteiger partial charge < -0.3 is 4.74 Å². The Morgan fingerprint density at radius 2 is 1.76 bits per heavy atom. The highest BCUT2D eigenvalue weighted by molar-refractivity contribution is 5.86. The van der Waals surface area contributed by atoms with Crippen LogP contribution in [0, 0.1) is 12.7 Å². The third-order valence-electron chi connectivity index (χ3n) is 4.83. The largest absolute Gasteiger partial charge is 0.486 e. The van der Waals surface area contributed by atoms with E-state index in [1.807, 2.05) is 75.4 Å². The molecule has 0 bridgehead atoms. The Morgan fingerprint density at radius 1 is 1.00 bits per heavy atom.